The minimum Gasteiger partial charge on any atom is -0.364 e. The van der Waals surface area contributed by atoms with Crippen LogP contribution in [-0.2, 0) is 6.42 Å². The van der Waals surface area contributed by atoms with E-state index in [4.69, 9.17) is 5.26 Å². The number of anilines is 1. The number of hydrogen-bond donors (Lipinski definition) is 1. The largest absolute Gasteiger partial charge is 0.364 e. The highest BCUT2D eigenvalue weighted by Gasteiger charge is 2.16. The number of nitro groups is 1. The first kappa shape index (κ1) is 14.4. The molecule has 0 fully saturated rings. The van der Waals surface area contributed by atoms with E-state index in [-0.39, 0.29) is 17.1 Å². The maximum atomic E-state index is 10.9. The standard InChI is InChI=1S/C12H9BrN4O2S/c13-11-2-1-9(20-11)3-4-15-12-10(17(18)19)5-8(6-14)7-16-12/h1-2,5,7H,3-4H2,(H,15,16). The lowest BCUT2D eigenvalue weighted by atomic mass is 10.2. The minimum absolute atomic E-state index is 0.171. The van der Waals surface area contributed by atoms with Crippen LogP contribution in [0.3, 0.4) is 0 Å². The van der Waals surface area contributed by atoms with E-state index in [0.717, 1.165) is 10.2 Å². The summed E-state index contributed by atoms with van der Waals surface area (Å²) in [7, 11) is 0. The lowest BCUT2D eigenvalue weighted by molar-refractivity contribution is -0.384. The summed E-state index contributed by atoms with van der Waals surface area (Å²) in [5, 5.41) is 22.6. The molecule has 8 heteroatoms. The molecule has 2 heterocycles. The van der Waals surface area contributed by atoms with Crippen LogP contribution in [0.25, 0.3) is 0 Å². The monoisotopic (exact) mass is 352 g/mol. The molecule has 0 radical (unpaired) electrons. The Morgan fingerprint density at radius 2 is 2.35 bits per heavy atom. The first-order chi connectivity index (χ1) is 9.60. The summed E-state index contributed by atoms with van der Waals surface area (Å²) in [4.78, 5) is 15.5. The second-order valence-electron chi connectivity index (χ2n) is 3.84. The van der Waals surface area contributed by atoms with Gasteiger partial charge in [0.25, 0.3) is 0 Å². The van der Waals surface area contributed by atoms with Gasteiger partial charge in [-0.3, -0.25) is 10.1 Å². The fraction of sp³-hybridized carbons (Fsp3) is 0.167. The first-order valence-electron chi connectivity index (χ1n) is 5.63. The number of rotatable bonds is 5. The number of halogens is 1. The molecule has 0 aliphatic carbocycles. The van der Waals surface area contributed by atoms with Crippen molar-refractivity contribution in [3.63, 3.8) is 0 Å². The van der Waals surface area contributed by atoms with Crippen molar-refractivity contribution in [1.82, 2.24) is 4.98 Å². The van der Waals surface area contributed by atoms with Crippen molar-refractivity contribution in [2.75, 3.05) is 11.9 Å². The van der Waals surface area contributed by atoms with E-state index in [2.05, 4.69) is 26.2 Å². The van der Waals surface area contributed by atoms with Gasteiger partial charge in [-0.15, -0.1) is 11.3 Å². The van der Waals surface area contributed by atoms with Gasteiger partial charge in [-0.1, -0.05) is 0 Å². The molecule has 1 N–H and O–H groups in total. The zero-order valence-electron chi connectivity index (χ0n) is 10.2. The normalized spacial score (nSPS) is 10.0. The number of nitriles is 1. The van der Waals surface area contributed by atoms with Crippen LogP contribution in [0, 0.1) is 21.4 Å². The molecule has 0 spiro atoms. The molecule has 0 saturated heterocycles. The van der Waals surface area contributed by atoms with Gasteiger partial charge < -0.3 is 5.32 Å². The zero-order chi connectivity index (χ0) is 14.5. The fourth-order valence-corrected chi connectivity index (χ4v) is 3.06. The van der Waals surface area contributed by atoms with Crippen LogP contribution in [0.4, 0.5) is 11.5 Å². The maximum absolute atomic E-state index is 10.9. The Bertz CT molecular complexity index is 680. The Labute approximate surface area is 127 Å². The highest BCUT2D eigenvalue weighted by atomic mass is 79.9. The van der Waals surface area contributed by atoms with Crippen LogP contribution in [0.5, 0.6) is 0 Å². The van der Waals surface area contributed by atoms with Crippen LogP contribution >= 0.6 is 27.3 Å². The number of hydrogen-bond acceptors (Lipinski definition) is 6. The summed E-state index contributed by atoms with van der Waals surface area (Å²) in [5.41, 5.74) is -0.0131. The number of pyridine rings is 1. The summed E-state index contributed by atoms with van der Waals surface area (Å²) in [6.45, 7) is 0.534. The van der Waals surface area contributed by atoms with E-state index in [9.17, 15) is 10.1 Å². The second kappa shape index (κ2) is 6.45. The van der Waals surface area contributed by atoms with Crippen molar-refractivity contribution < 1.29 is 4.92 Å². The first-order valence-corrected chi connectivity index (χ1v) is 7.23. The fourth-order valence-electron chi connectivity index (χ4n) is 1.58. The van der Waals surface area contributed by atoms with E-state index in [0.29, 0.717) is 6.54 Å². The van der Waals surface area contributed by atoms with Gasteiger partial charge in [0.1, 0.15) is 6.07 Å². The molecule has 0 atom stereocenters. The Kier molecular flexibility index (Phi) is 4.65. The molecule has 0 saturated carbocycles. The Balaban J connectivity index is 2.05. The molecule has 0 amide bonds. The molecule has 0 aliphatic heterocycles. The smallest absolute Gasteiger partial charge is 0.312 e. The van der Waals surface area contributed by atoms with Crippen LogP contribution in [0.2, 0.25) is 0 Å². The lowest BCUT2D eigenvalue weighted by Crippen LogP contribution is -2.08. The van der Waals surface area contributed by atoms with Gasteiger partial charge in [0.05, 0.1) is 14.3 Å². The highest BCUT2D eigenvalue weighted by molar-refractivity contribution is 9.11. The average Bonchev–Trinajstić information content (AvgIpc) is 2.84. The quantitative estimate of drug-likeness (QED) is 0.657. The molecule has 0 bridgehead atoms. The summed E-state index contributed by atoms with van der Waals surface area (Å²) in [6, 6.07) is 7.01. The SMILES string of the molecule is N#Cc1cnc(NCCc2ccc(Br)s2)c([N+](=O)[O-])c1. The summed E-state index contributed by atoms with van der Waals surface area (Å²) >= 11 is 5.00. The summed E-state index contributed by atoms with van der Waals surface area (Å²) in [5.74, 6) is 0.185. The lowest BCUT2D eigenvalue weighted by Gasteiger charge is -2.05. The predicted octanol–water partition coefficient (Wildman–Crippen LogP) is 3.34. The number of aromatic nitrogens is 1. The van der Waals surface area contributed by atoms with Crippen molar-refractivity contribution in [2.45, 2.75) is 6.42 Å². The molecule has 102 valence electrons. The molecule has 0 aromatic carbocycles. The molecule has 0 unspecified atom stereocenters. The van der Waals surface area contributed by atoms with Crippen molar-refractivity contribution in [3.8, 4) is 6.07 Å². The van der Waals surface area contributed by atoms with Gasteiger partial charge in [0, 0.05) is 23.7 Å². The van der Waals surface area contributed by atoms with Gasteiger partial charge in [0.2, 0.25) is 5.82 Å². The molecule has 20 heavy (non-hydrogen) atoms. The van der Waals surface area contributed by atoms with Gasteiger partial charge >= 0.3 is 5.69 Å². The molecule has 2 aromatic heterocycles. The topological polar surface area (TPSA) is 91.8 Å². The van der Waals surface area contributed by atoms with Gasteiger partial charge in [-0.2, -0.15) is 5.26 Å². The number of nitrogens with zero attached hydrogens (tertiary/aromatic N) is 3. The van der Waals surface area contributed by atoms with E-state index in [1.165, 1.54) is 17.1 Å². The molecule has 2 rings (SSSR count). The molecule has 0 aliphatic rings. The third kappa shape index (κ3) is 3.53. The van der Waals surface area contributed by atoms with Crippen LogP contribution in [0.1, 0.15) is 10.4 Å². The minimum atomic E-state index is -0.544. The van der Waals surface area contributed by atoms with Gasteiger partial charge in [-0.25, -0.2) is 4.98 Å². The zero-order valence-corrected chi connectivity index (χ0v) is 12.6. The third-order valence-electron chi connectivity index (χ3n) is 2.49. The van der Waals surface area contributed by atoms with Gasteiger partial charge in [-0.05, 0) is 34.5 Å². The van der Waals surface area contributed by atoms with Crippen LogP contribution in [0.15, 0.2) is 28.2 Å². The average molecular weight is 353 g/mol. The number of nitrogens with one attached hydrogen (secondary N) is 1. The molecular formula is C12H9BrN4O2S. The molecule has 6 nitrogen and oxygen atoms in total. The van der Waals surface area contributed by atoms with E-state index in [1.54, 1.807) is 11.3 Å². The van der Waals surface area contributed by atoms with E-state index in [1.807, 2.05) is 18.2 Å². The molecular weight excluding hydrogens is 344 g/mol. The second-order valence-corrected chi connectivity index (χ2v) is 6.39. The summed E-state index contributed by atoms with van der Waals surface area (Å²) < 4.78 is 1.05. The van der Waals surface area contributed by atoms with Gasteiger partial charge in [0.15, 0.2) is 0 Å². The van der Waals surface area contributed by atoms with Crippen molar-refractivity contribution >= 4 is 38.8 Å². The Morgan fingerprint density at radius 3 is 2.95 bits per heavy atom. The predicted molar refractivity (Wildman–Crippen MR) is 79.8 cm³/mol. The van der Waals surface area contributed by atoms with Crippen molar-refractivity contribution in [3.05, 3.63) is 48.7 Å². The van der Waals surface area contributed by atoms with Crippen LogP contribution < -0.4 is 5.32 Å². The Morgan fingerprint density at radius 1 is 1.55 bits per heavy atom. The third-order valence-corrected chi connectivity index (χ3v) is 4.17. The van der Waals surface area contributed by atoms with E-state index < -0.39 is 4.92 Å². The van der Waals surface area contributed by atoms with Crippen molar-refractivity contribution in [2.24, 2.45) is 0 Å². The van der Waals surface area contributed by atoms with Crippen LogP contribution in [-0.4, -0.2) is 16.5 Å². The number of thiophene rings is 1. The molecule has 2 aromatic rings. The van der Waals surface area contributed by atoms with Crippen molar-refractivity contribution in [1.29, 1.82) is 5.26 Å². The summed E-state index contributed by atoms with van der Waals surface area (Å²) in [6.07, 6.45) is 2.06. The Hall–Kier alpha value is -1.98. The maximum Gasteiger partial charge on any atom is 0.312 e. The highest BCUT2D eigenvalue weighted by Crippen LogP contribution is 2.24. The van der Waals surface area contributed by atoms with E-state index >= 15 is 0 Å².